The number of carbonyl (C=O) groups is 1. The van der Waals surface area contributed by atoms with Gasteiger partial charge in [0.05, 0.1) is 6.54 Å². The first-order valence-corrected chi connectivity index (χ1v) is 6.21. The molecule has 0 aliphatic heterocycles. The number of carboxylic acid groups (broad SMARTS) is 1. The molecule has 0 aliphatic rings. The number of ether oxygens (including phenoxy) is 1. The van der Waals surface area contributed by atoms with E-state index in [1.54, 1.807) is 13.0 Å². The average molecular weight is 273 g/mol. The maximum Gasteiger partial charge on any atom is 0.341 e. The number of aryl methyl sites for hydroxylation is 1. The molecule has 2 rings (SSSR count). The highest BCUT2D eigenvalue weighted by molar-refractivity contribution is 5.87. The lowest BCUT2D eigenvalue weighted by Gasteiger charge is -2.11. The van der Waals surface area contributed by atoms with Crippen LogP contribution < -0.4 is 10.3 Å². The molecule has 1 aromatic heterocycles. The number of pyridine rings is 1. The molecule has 1 heterocycles. The largest absolute Gasteiger partial charge is 0.492 e. The molecule has 0 spiro atoms. The number of aromatic carboxylic acids is 1. The van der Waals surface area contributed by atoms with Crippen molar-refractivity contribution in [2.24, 2.45) is 0 Å². The Morgan fingerprint density at radius 3 is 2.55 bits per heavy atom. The van der Waals surface area contributed by atoms with Gasteiger partial charge in [-0.1, -0.05) is 18.2 Å². The number of benzene rings is 1. The molecule has 0 amide bonds. The van der Waals surface area contributed by atoms with Crippen LogP contribution in [0.25, 0.3) is 0 Å². The Morgan fingerprint density at radius 2 is 1.90 bits per heavy atom. The van der Waals surface area contributed by atoms with Crippen LogP contribution in [0.15, 0.2) is 47.3 Å². The number of para-hydroxylation sites is 1. The summed E-state index contributed by atoms with van der Waals surface area (Å²) in [4.78, 5) is 22.9. The number of hydrogen-bond acceptors (Lipinski definition) is 3. The fraction of sp³-hybridized carbons (Fsp3) is 0.200. The second kappa shape index (κ2) is 6.06. The van der Waals surface area contributed by atoms with Crippen LogP contribution in [0.1, 0.15) is 16.1 Å². The molecule has 1 N–H and O–H groups in total. The van der Waals surface area contributed by atoms with E-state index in [9.17, 15) is 9.59 Å². The number of hydrogen-bond donors (Lipinski definition) is 1. The molecule has 0 fully saturated rings. The summed E-state index contributed by atoms with van der Waals surface area (Å²) in [6.07, 6.45) is 0. The Labute approximate surface area is 116 Å². The van der Waals surface area contributed by atoms with Gasteiger partial charge >= 0.3 is 5.97 Å². The van der Waals surface area contributed by atoms with Crippen molar-refractivity contribution in [2.75, 3.05) is 6.61 Å². The minimum Gasteiger partial charge on any atom is -0.492 e. The Bertz CT molecular complexity index is 661. The smallest absolute Gasteiger partial charge is 0.341 e. The lowest BCUT2D eigenvalue weighted by atomic mass is 10.2. The summed E-state index contributed by atoms with van der Waals surface area (Å²) in [5.41, 5.74) is -0.0267. The lowest BCUT2D eigenvalue weighted by Crippen LogP contribution is -2.29. The Hall–Kier alpha value is -2.56. The van der Waals surface area contributed by atoms with E-state index in [1.165, 1.54) is 10.6 Å². The number of aromatic nitrogens is 1. The van der Waals surface area contributed by atoms with E-state index in [4.69, 9.17) is 9.84 Å². The molecule has 0 saturated heterocycles. The maximum atomic E-state index is 12.0. The standard InChI is InChI=1S/C15H15NO4/c1-11-7-8-13(15(18)19)14(17)16(11)9-10-20-12-5-3-2-4-6-12/h2-8H,9-10H2,1H3,(H,18,19). The van der Waals surface area contributed by atoms with Gasteiger partial charge < -0.3 is 14.4 Å². The van der Waals surface area contributed by atoms with Gasteiger partial charge in [0.15, 0.2) is 0 Å². The number of carboxylic acids is 1. The average Bonchev–Trinajstić information content (AvgIpc) is 2.43. The molecule has 20 heavy (non-hydrogen) atoms. The molecule has 104 valence electrons. The maximum absolute atomic E-state index is 12.0. The predicted molar refractivity (Wildman–Crippen MR) is 74.3 cm³/mol. The molecular weight excluding hydrogens is 258 g/mol. The summed E-state index contributed by atoms with van der Waals surface area (Å²) >= 11 is 0. The van der Waals surface area contributed by atoms with Crippen LogP contribution in [0.2, 0.25) is 0 Å². The first-order chi connectivity index (χ1) is 9.59. The van der Waals surface area contributed by atoms with Gasteiger partial charge in [-0.05, 0) is 31.2 Å². The summed E-state index contributed by atoms with van der Waals surface area (Å²) < 4.78 is 6.92. The van der Waals surface area contributed by atoms with Gasteiger partial charge in [-0.25, -0.2) is 4.79 Å². The third kappa shape index (κ3) is 3.06. The van der Waals surface area contributed by atoms with Crippen LogP contribution in [0.4, 0.5) is 0 Å². The molecule has 0 aliphatic carbocycles. The monoisotopic (exact) mass is 273 g/mol. The zero-order valence-corrected chi connectivity index (χ0v) is 11.1. The molecule has 5 heteroatoms. The minimum atomic E-state index is -1.22. The van der Waals surface area contributed by atoms with E-state index in [-0.39, 0.29) is 5.56 Å². The van der Waals surface area contributed by atoms with Gasteiger partial charge in [0, 0.05) is 5.69 Å². The van der Waals surface area contributed by atoms with Gasteiger partial charge in [-0.15, -0.1) is 0 Å². The Balaban J connectivity index is 2.12. The van der Waals surface area contributed by atoms with Gasteiger partial charge in [-0.3, -0.25) is 4.79 Å². The third-order valence-electron chi connectivity index (χ3n) is 2.95. The second-order valence-electron chi connectivity index (χ2n) is 4.31. The molecule has 0 unspecified atom stereocenters. The Kier molecular flexibility index (Phi) is 4.20. The molecule has 5 nitrogen and oxygen atoms in total. The van der Waals surface area contributed by atoms with E-state index >= 15 is 0 Å². The van der Waals surface area contributed by atoms with E-state index < -0.39 is 11.5 Å². The fourth-order valence-electron chi connectivity index (χ4n) is 1.88. The third-order valence-corrected chi connectivity index (χ3v) is 2.95. The van der Waals surface area contributed by atoms with Gasteiger partial charge in [0.2, 0.25) is 0 Å². The van der Waals surface area contributed by atoms with Gasteiger partial charge in [0.25, 0.3) is 5.56 Å². The zero-order valence-electron chi connectivity index (χ0n) is 11.1. The number of rotatable bonds is 5. The first kappa shape index (κ1) is 13.9. The van der Waals surface area contributed by atoms with Crippen molar-refractivity contribution in [3.63, 3.8) is 0 Å². The molecule has 2 aromatic rings. The van der Waals surface area contributed by atoms with Crippen molar-refractivity contribution < 1.29 is 14.6 Å². The van der Waals surface area contributed by atoms with Crippen LogP contribution in [-0.2, 0) is 6.54 Å². The van der Waals surface area contributed by atoms with E-state index in [0.717, 1.165) is 0 Å². The molecule has 0 atom stereocenters. The summed E-state index contributed by atoms with van der Waals surface area (Å²) in [5, 5.41) is 8.94. The van der Waals surface area contributed by atoms with Crippen LogP contribution in [0, 0.1) is 6.92 Å². The summed E-state index contributed by atoms with van der Waals surface area (Å²) in [5.74, 6) is -0.500. The van der Waals surface area contributed by atoms with Crippen molar-refractivity contribution in [3.8, 4) is 5.75 Å². The van der Waals surface area contributed by atoms with Crippen molar-refractivity contribution in [3.05, 3.63) is 64.1 Å². The molecular formula is C15H15NO4. The summed E-state index contributed by atoms with van der Waals surface area (Å²) in [7, 11) is 0. The molecule has 1 aromatic carbocycles. The normalized spacial score (nSPS) is 10.2. The van der Waals surface area contributed by atoms with Crippen LogP contribution in [-0.4, -0.2) is 22.2 Å². The van der Waals surface area contributed by atoms with E-state index in [1.807, 2.05) is 30.3 Å². The van der Waals surface area contributed by atoms with E-state index in [2.05, 4.69) is 0 Å². The quantitative estimate of drug-likeness (QED) is 0.903. The highest BCUT2D eigenvalue weighted by Crippen LogP contribution is 2.08. The SMILES string of the molecule is Cc1ccc(C(=O)O)c(=O)n1CCOc1ccccc1. The van der Waals surface area contributed by atoms with Gasteiger partial charge in [0.1, 0.15) is 17.9 Å². The highest BCUT2D eigenvalue weighted by atomic mass is 16.5. The number of nitrogens with zero attached hydrogens (tertiary/aromatic N) is 1. The predicted octanol–water partition coefficient (Wildman–Crippen LogP) is 1.93. The van der Waals surface area contributed by atoms with E-state index in [0.29, 0.717) is 24.6 Å². The summed E-state index contributed by atoms with van der Waals surface area (Å²) in [6, 6.07) is 12.2. The van der Waals surface area contributed by atoms with Crippen molar-refractivity contribution in [1.82, 2.24) is 4.57 Å². The fourth-order valence-corrected chi connectivity index (χ4v) is 1.88. The minimum absolute atomic E-state index is 0.227. The second-order valence-corrected chi connectivity index (χ2v) is 4.31. The molecule has 0 saturated carbocycles. The first-order valence-electron chi connectivity index (χ1n) is 6.21. The molecule has 0 radical (unpaired) electrons. The van der Waals surface area contributed by atoms with Crippen molar-refractivity contribution in [2.45, 2.75) is 13.5 Å². The highest BCUT2D eigenvalue weighted by Gasteiger charge is 2.12. The zero-order chi connectivity index (χ0) is 14.5. The van der Waals surface area contributed by atoms with Crippen LogP contribution >= 0.6 is 0 Å². The Morgan fingerprint density at radius 1 is 1.20 bits per heavy atom. The van der Waals surface area contributed by atoms with Crippen molar-refractivity contribution >= 4 is 5.97 Å². The van der Waals surface area contributed by atoms with Crippen LogP contribution in [0.3, 0.4) is 0 Å². The molecule has 0 bridgehead atoms. The summed E-state index contributed by atoms with van der Waals surface area (Å²) in [6.45, 7) is 2.37. The van der Waals surface area contributed by atoms with Crippen molar-refractivity contribution in [1.29, 1.82) is 0 Å². The lowest BCUT2D eigenvalue weighted by molar-refractivity contribution is 0.0694. The topological polar surface area (TPSA) is 68.5 Å². The van der Waals surface area contributed by atoms with Crippen LogP contribution in [0.5, 0.6) is 5.75 Å². The van der Waals surface area contributed by atoms with Gasteiger partial charge in [-0.2, -0.15) is 0 Å².